The van der Waals surface area contributed by atoms with Crippen LogP contribution in [-0.4, -0.2) is 25.7 Å². The molecule has 1 saturated carbocycles. The van der Waals surface area contributed by atoms with Crippen LogP contribution in [0.4, 0.5) is 0 Å². The van der Waals surface area contributed by atoms with Crippen LogP contribution in [0.1, 0.15) is 30.9 Å². The summed E-state index contributed by atoms with van der Waals surface area (Å²) >= 11 is 0. The minimum Gasteiger partial charge on any atom is -0.377 e. The number of rotatable bonds is 6. The second kappa shape index (κ2) is 7.14. The first kappa shape index (κ1) is 13.9. The molecule has 2 rings (SSSR count). The van der Waals surface area contributed by atoms with E-state index in [2.05, 4.69) is 39.9 Å². The van der Waals surface area contributed by atoms with Crippen molar-refractivity contribution in [3.05, 3.63) is 35.4 Å². The van der Waals surface area contributed by atoms with Crippen molar-refractivity contribution < 1.29 is 4.74 Å². The molecule has 0 aliphatic heterocycles. The van der Waals surface area contributed by atoms with Crippen LogP contribution in [0.15, 0.2) is 29.3 Å². The summed E-state index contributed by atoms with van der Waals surface area (Å²) in [4.78, 5) is 4.22. The normalized spacial score (nSPS) is 15.4. The third kappa shape index (κ3) is 4.91. The number of ether oxygens (including phenoxy) is 1. The zero-order valence-corrected chi connectivity index (χ0v) is 11.8. The van der Waals surface area contributed by atoms with Crippen LogP contribution >= 0.6 is 0 Å². The highest BCUT2D eigenvalue weighted by atomic mass is 16.5. The average molecular weight is 261 g/mol. The van der Waals surface area contributed by atoms with Gasteiger partial charge < -0.3 is 15.4 Å². The lowest BCUT2D eigenvalue weighted by molar-refractivity contribution is 0.134. The number of nitrogens with zero attached hydrogens (tertiary/aromatic N) is 1. The summed E-state index contributed by atoms with van der Waals surface area (Å²) in [5.41, 5.74) is 2.46. The maximum atomic E-state index is 5.38. The van der Waals surface area contributed by atoms with Crippen molar-refractivity contribution in [3.8, 4) is 0 Å². The Hall–Kier alpha value is -1.55. The zero-order chi connectivity index (χ0) is 13.5. The van der Waals surface area contributed by atoms with Gasteiger partial charge in [-0.1, -0.05) is 24.3 Å². The van der Waals surface area contributed by atoms with Crippen molar-refractivity contribution >= 4 is 5.96 Å². The fraction of sp³-hybridized carbons (Fsp3) is 0.533. The Labute approximate surface area is 115 Å². The van der Waals surface area contributed by atoms with Gasteiger partial charge in [-0.3, -0.25) is 4.99 Å². The average Bonchev–Trinajstić information content (AvgIpc) is 3.26. The van der Waals surface area contributed by atoms with Crippen molar-refractivity contribution in [3.63, 3.8) is 0 Å². The molecule has 0 unspecified atom stereocenters. The predicted octanol–water partition coefficient (Wildman–Crippen LogP) is 2.05. The van der Waals surface area contributed by atoms with Crippen LogP contribution in [0.5, 0.6) is 0 Å². The molecular formula is C15H23N3O. The third-order valence-corrected chi connectivity index (χ3v) is 3.10. The largest absolute Gasteiger partial charge is 0.377 e. The standard InChI is InChI=1S/C15H23N3O/c1-3-19-11-13-6-4-12(5-7-13)10-17-15(16-2)18-14-8-9-14/h4-7,14H,3,8-11H2,1-2H3,(H2,16,17,18). The van der Waals surface area contributed by atoms with Crippen LogP contribution in [0.2, 0.25) is 0 Å². The minimum absolute atomic E-state index is 0.625. The molecule has 1 aliphatic rings. The van der Waals surface area contributed by atoms with Crippen molar-refractivity contribution in [1.29, 1.82) is 0 Å². The van der Waals surface area contributed by atoms with Crippen LogP contribution in [0.25, 0.3) is 0 Å². The van der Waals surface area contributed by atoms with Gasteiger partial charge in [-0.15, -0.1) is 0 Å². The molecule has 0 atom stereocenters. The molecule has 4 heteroatoms. The Morgan fingerprint density at radius 2 is 1.95 bits per heavy atom. The number of benzene rings is 1. The summed E-state index contributed by atoms with van der Waals surface area (Å²) in [5, 5.41) is 6.70. The summed E-state index contributed by atoms with van der Waals surface area (Å²) in [6.45, 7) is 4.25. The molecule has 4 nitrogen and oxygen atoms in total. The van der Waals surface area contributed by atoms with Crippen molar-refractivity contribution in [2.45, 2.75) is 39.0 Å². The number of hydrogen-bond donors (Lipinski definition) is 2. The molecule has 1 fully saturated rings. The molecular weight excluding hydrogens is 238 g/mol. The van der Waals surface area contributed by atoms with Crippen LogP contribution in [-0.2, 0) is 17.9 Å². The summed E-state index contributed by atoms with van der Waals surface area (Å²) in [6.07, 6.45) is 2.51. The first-order valence-corrected chi connectivity index (χ1v) is 6.94. The van der Waals surface area contributed by atoms with Crippen LogP contribution in [0, 0.1) is 0 Å². The molecule has 0 radical (unpaired) electrons. The molecule has 0 amide bonds. The lowest BCUT2D eigenvalue weighted by atomic mass is 10.1. The number of nitrogens with one attached hydrogen (secondary N) is 2. The molecule has 0 bridgehead atoms. The molecule has 1 aromatic carbocycles. The SMILES string of the molecule is CCOCc1ccc(CNC(=NC)NC2CC2)cc1. The molecule has 2 N–H and O–H groups in total. The lowest BCUT2D eigenvalue weighted by Gasteiger charge is -2.11. The Balaban J connectivity index is 1.78. The van der Waals surface area contributed by atoms with Gasteiger partial charge >= 0.3 is 0 Å². The Morgan fingerprint density at radius 1 is 1.26 bits per heavy atom. The van der Waals surface area contributed by atoms with Gasteiger partial charge in [0.25, 0.3) is 0 Å². The van der Waals surface area contributed by atoms with Crippen molar-refractivity contribution in [1.82, 2.24) is 10.6 Å². The molecule has 104 valence electrons. The van der Waals surface area contributed by atoms with Gasteiger partial charge in [-0.25, -0.2) is 0 Å². The predicted molar refractivity (Wildman–Crippen MR) is 78.1 cm³/mol. The molecule has 19 heavy (non-hydrogen) atoms. The smallest absolute Gasteiger partial charge is 0.191 e. The maximum Gasteiger partial charge on any atom is 0.191 e. The highest BCUT2D eigenvalue weighted by Crippen LogP contribution is 2.18. The summed E-state index contributed by atoms with van der Waals surface area (Å²) in [6, 6.07) is 9.12. The number of guanidine groups is 1. The van der Waals surface area contributed by atoms with Gasteiger partial charge in [0.05, 0.1) is 6.61 Å². The summed E-state index contributed by atoms with van der Waals surface area (Å²) in [5.74, 6) is 0.890. The number of hydrogen-bond acceptors (Lipinski definition) is 2. The monoisotopic (exact) mass is 261 g/mol. The molecule has 1 aromatic rings. The quantitative estimate of drug-likeness (QED) is 0.608. The van der Waals surface area contributed by atoms with Gasteiger partial charge in [0.15, 0.2) is 5.96 Å². The molecule has 0 spiro atoms. The van der Waals surface area contributed by atoms with Gasteiger partial charge in [-0.2, -0.15) is 0 Å². The zero-order valence-electron chi connectivity index (χ0n) is 11.8. The van der Waals surface area contributed by atoms with E-state index in [9.17, 15) is 0 Å². The second-order valence-electron chi connectivity index (χ2n) is 4.80. The minimum atomic E-state index is 0.625. The molecule has 1 aliphatic carbocycles. The van der Waals surface area contributed by atoms with Crippen LogP contribution < -0.4 is 10.6 Å². The topological polar surface area (TPSA) is 45.6 Å². The summed E-state index contributed by atoms with van der Waals surface area (Å²) < 4.78 is 5.38. The van der Waals surface area contributed by atoms with Gasteiger partial charge in [0, 0.05) is 26.2 Å². The van der Waals surface area contributed by atoms with E-state index in [0.29, 0.717) is 12.6 Å². The Morgan fingerprint density at radius 3 is 2.53 bits per heavy atom. The fourth-order valence-electron chi connectivity index (χ4n) is 1.77. The molecule has 0 saturated heterocycles. The first-order chi connectivity index (χ1) is 9.31. The number of aliphatic imine (C=N–C) groups is 1. The fourth-order valence-corrected chi connectivity index (χ4v) is 1.77. The lowest BCUT2D eigenvalue weighted by Crippen LogP contribution is -2.38. The van der Waals surface area contributed by atoms with Gasteiger partial charge in [0.1, 0.15) is 0 Å². The van der Waals surface area contributed by atoms with Crippen LogP contribution in [0.3, 0.4) is 0 Å². The van der Waals surface area contributed by atoms with E-state index >= 15 is 0 Å². The van der Waals surface area contributed by atoms with Gasteiger partial charge in [0.2, 0.25) is 0 Å². The van der Waals surface area contributed by atoms with E-state index < -0.39 is 0 Å². The van der Waals surface area contributed by atoms with E-state index in [1.165, 1.54) is 24.0 Å². The Bertz CT molecular complexity index is 410. The maximum absolute atomic E-state index is 5.38. The highest BCUT2D eigenvalue weighted by molar-refractivity contribution is 5.80. The molecule has 0 aromatic heterocycles. The highest BCUT2D eigenvalue weighted by Gasteiger charge is 2.21. The Kier molecular flexibility index (Phi) is 5.21. The van der Waals surface area contributed by atoms with E-state index in [1.54, 1.807) is 0 Å². The van der Waals surface area contributed by atoms with Crippen molar-refractivity contribution in [2.24, 2.45) is 4.99 Å². The first-order valence-electron chi connectivity index (χ1n) is 6.94. The van der Waals surface area contributed by atoms with E-state index in [4.69, 9.17) is 4.74 Å². The summed E-state index contributed by atoms with van der Waals surface area (Å²) in [7, 11) is 1.81. The van der Waals surface area contributed by atoms with E-state index in [1.807, 2.05) is 14.0 Å². The second-order valence-corrected chi connectivity index (χ2v) is 4.80. The molecule has 0 heterocycles. The van der Waals surface area contributed by atoms with Crippen molar-refractivity contribution in [2.75, 3.05) is 13.7 Å². The van der Waals surface area contributed by atoms with Gasteiger partial charge in [-0.05, 0) is 30.9 Å². The van der Waals surface area contributed by atoms with E-state index in [0.717, 1.165) is 19.1 Å². The van der Waals surface area contributed by atoms with E-state index in [-0.39, 0.29) is 0 Å². The third-order valence-electron chi connectivity index (χ3n) is 3.10.